The molecule has 0 bridgehead atoms. The largest absolute Gasteiger partial charge is 0.372 e. The molecule has 0 unspecified atom stereocenters. The van der Waals surface area contributed by atoms with Crippen molar-refractivity contribution in [2.24, 2.45) is 0 Å². The van der Waals surface area contributed by atoms with Gasteiger partial charge in [0.05, 0.1) is 0 Å². The molecule has 0 fully saturated rings. The second kappa shape index (κ2) is 9.77. The minimum Gasteiger partial charge on any atom is -0.311 e. The highest BCUT2D eigenvalue weighted by Crippen LogP contribution is 2.34. The minimum absolute atomic E-state index is 0.721. The number of hydrogen-bond acceptors (Lipinski definition) is 1. The van der Waals surface area contributed by atoms with Gasteiger partial charge in [-0.2, -0.15) is 11.1 Å². The van der Waals surface area contributed by atoms with Crippen LogP contribution in [0, 0.1) is 0 Å². The first-order valence-electron chi connectivity index (χ1n) is 8.30. The van der Waals surface area contributed by atoms with Gasteiger partial charge in [-0.3, -0.25) is 0 Å². The third kappa shape index (κ3) is 5.51. The zero-order valence-electron chi connectivity index (χ0n) is 14.4. The Kier molecular flexibility index (Phi) is 7.86. The van der Waals surface area contributed by atoms with Gasteiger partial charge in [0, 0.05) is 17.1 Å². The Bertz CT molecular complexity index is 912. The van der Waals surface area contributed by atoms with E-state index in [4.69, 9.17) is 66.5 Å². The van der Waals surface area contributed by atoms with Crippen LogP contribution < -0.4 is 20.5 Å². The molecule has 0 N–H and O–H groups in total. The molecule has 0 aliphatic carbocycles. The molecule has 28 heavy (non-hydrogen) atoms. The van der Waals surface area contributed by atoms with Crippen LogP contribution in [0.15, 0.2) is 72.8 Å². The molecule has 0 heterocycles. The zero-order chi connectivity index (χ0) is 20.3. The van der Waals surface area contributed by atoms with Crippen LogP contribution in [0.25, 0.3) is 0 Å². The second-order valence-electron chi connectivity index (χ2n) is 6.07. The summed E-state index contributed by atoms with van der Waals surface area (Å²) in [6.45, 7) is 0. The van der Waals surface area contributed by atoms with Crippen molar-refractivity contribution in [1.82, 2.24) is 0 Å². The van der Waals surface area contributed by atoms with Crippen molar-refractivity contribution < 1.29 is 0 Å². The standard InChI is InChI=1S/C18H15Cl6NSi3/c19-26-16-7-1-13(2-8-16)25(14-3-9-17(10-4-14)27(20)21)15-5-11-18(12-6-15)28(22,23)24/h1-12,27H,26H2. The Morgan fingerprint density at radius 2 is 1.11 bits per heavy atom. The molecule has 10 heteroatoms. The number of benzene rings is 3. The van der Waals surface area contributed by atoms with Gasteiger partial charge < -0.3 is 4.90 Å². The highest BCUT2D eigenvalue weighted by Gasteiger charge is 2.28. The Labute approximate surface area is 197 Å². The van der Waals surface area contributed by atoms with Crippen LogP contribution in [0.4, 0.5) is 17.1 Å². The third-order valence-electron chi connectivity index (χ3n) is 4.20. The maximum absolute atomic E-state index is 6.13. The molecule has 0 spiro atoms. The molecule has 1 nitrogen and oxygen atoms in total. The normalized spacial score (nSPS) is 12.1. The molecular weight excluding hydrogens is 527 g/mol. The number of nitrogens with zero attached hydrogens (tertiary/aromatic N) is 1. The monoisotopic (exact) mass is 539 g/mol. The van der Waals surface area contributed by atoms with Gasteiger partial charge in [-0.05, 0) is 52.0 Å². The van der Waals surface area contributed by atoms with Gasteiger partial charge >= 0.3 is 6.00 Å². The van der Waals surface area contributed by atoms with Gasteiger partial charge in [-0.1, -0.05) is 36.4 Å². The quantitative estimate of drug-likeness (QED) is 0.318. The lowest BCUT2D eigenvalue weighted by Gasteiger charge is -2.26. The fourth-order valence-electron chi connectivity index (χ4n) is 2.75. The second-order valence-corrected chi connectivity index (χ2v) is 20.9. The average Bonchev–Trinajstić information content (AvgIpc) is 2.69. The molecular formula is C18H15Cl6NSi3. The van der Waals surface area contributed by atoms with Gasteiger partial charge in [0.1, 0.15) is 0 Å². The average molecular weight is 542 g/mol. The molecule has 0 atom stereocenters. The van der Waals surface area contributed by atoms with Crippen molar-refractivity contribution in [2.45, 2.75) is 0 Å². The Hall–Kier alpha value is -0.149. The summed E-state index contributed by atoms with van der Waals surface area (Å²) in [7, 11) is -2.61. The van der Waals surface area contributed by atoms with E-state index in [2.05, 4.69) is 29.2 Å². The van der Waals surface area contributed by atoms with Crippen LogP contribution in [0.1, 0.15) is 0 Å². The van der Waals surface area contributed by atoms with E-state index < -0.39 is 22.2 Å². The predicted molar refractivity (Wildman–Crippen MR) is 137 cm³/mol. The maximum atomic E-state index is 6.13. The summed E-state index contributed by atoms with van der Waals surface area (Å²) in [4.78, 5) is 2.13. The van der Waals surface area contributed by atoms with Crippen molar-refractivity contribution in [3.63, 3.8) is 0 Å². The van der Waals surface area contributed by atoms with Crippen LogP contribution in [0.2, 0.25) is 0 Å². The highest BCUT2D eigenvalue weighted by molar-refractivity contribution is 7.69. The summed E-state index contributed by atoms with van der Waals surface area (Å²) in [5.74, 6) is 0. The van der Waals surface area contributed by atoms with Gasteiger partial charge in [-0.25, -0.2) is 0 Å². The first-order valence-corrected chi connectivity index (χ1v) is 20.2. The zero-order valence-corrected chi connectivity index (χ0v) is 22.5. The summed E-state index contributed by atoms with van der Waals surface area (Å²) in [5, 5.41) is 2.92. The highest BCUT2D eigenvalue weighted by atomic mass is 35.8. The van der Waals surface area contributed by atoms with Gasteiger partial charge in [0.25, 0.3) is 7.42 Å². The molecule has 0 aliphatic heterocycles. The summed E-state index contributed by atoms with van der Waals surface area (Å²) in [6.07, 6.45) is 0. The first kappa shape index (κ1) is 22.5. The van der Waals surface area contributed by atoms with E-state index in [1.165, 1.54) is 5.19 Å². The van der Waals surface area contributed by atoms with Crippen molar-refractivity contribution in [3.05, 3.63) is 72.8 Å². The van der Waals surface area contributed by atoms with E-state index in [-0.39, 0.29) is 0 Å². The SMILES string of the molecule is Cl[SiH2]c1ccc(N(c2ccc([SiH](Cl)Cl)cc2)c2ccc([Si](Cl)(Cl)Cl)cc2)cc1. The Morgan fingerprint density at radius 1 is 0.679 bits per heavy atom. The number of halogens is 6. The van der Waals surface area contributed by atoms with Crippen molar-refractivity contribution in [1.29, 1.82) is 0 Å². The fraction of sp³-hybridized carbons (Fsp3) is 0. The van der Waals surface area contributed by atoms with Crippen LogP contribution in [0.3, 0.4) is 0 Å². The molecule has 3 aromatic carbocycles. The van der Waals surface area contributed by atoms with Crippen LogP contribution >= 0.6 is 66.5 Å². The van der Waals surface area contributed by atoms with E-state index in [0.717, 1.165) is 27.4 Å². The summed E-state index contributed by atoms with van der Waals surface area (Å²) < 4.78 is 0. The lowest BCUT2D eigenvalue weighted by molar-refractivity contribution is 1.29. The number of hydrogen-bond donors (Lipinski definition) is 0. The van der Waals surface area contributed by atoms with E-state index in [1.54, 1.807) is 0 Å². The molecule has 0 amide bonds. The predicted octanol–water partition coefficient (Wildman–Crippen LogP) is 4.87. The molecule has 0 saturated carbocycles. The summed E-state index contributed by atoms with van der Waals surface area (Å²) in [6, 6.07) is 21.0. The third-order valence-corrected chi connectivity index (χ3v) is 11.3. The molecule has 0 radical (unpaired) electrons. The van der Waals surface area contributed by atoms with E-state index in [1.807, 2.05) is 48.5 Å². The number of anilines is 3. The smallest absolute Gasteiger partial charge is 0.311 e. The van der Waals surface area contributed by atoms with Crippen molar-refractivity contribution in [3.8, 4) is 0 Å². The Balaban J connectivity index is 2.05. The van der Waals surface area contributed by atoms with Crippen LogP contribution in [-0.4, -0.2) is 22.2 Å². The molecule has 146 valence electrons. The molecule has 0 aliphatic rings. The molecule has 3 aromatic rings. The maximum Gasteiger partial charge on any atom is 0.372 e. The van der Waals surface area contributed by atoms with Crippen molar-refractivity contribution >= 4 is 121 Å². The lowest BCUT2D eigenvalue weighted by atomic mass is 10.2. The Morgan fingerprint density at radius 3 is 1.50 bits per heavy atom. The number of rotatable bonds is 6. The molecule has 3 rings (SSSR count). The molecule has 0 saturated heterocycles. The van der Waals surface area contributed by atoms with E-state index >= 15 is 0 Å². The van der Waals surface area contributed by atoms with E-state index in [0.29, 0.717) is 0 Å². The van der Waals surface area contributed by atoms with Gasteiger partial charge in [0.2, 0.25) is 0 Å². The fourth-order valence-corrected chi connectivity index (χ4v) is 6.73. The van der Waals surface area contributed by atoms with Crippen LogP contribution in [-0.2, 0) is 0 Å². The molecule has 0 aromatic heterocycles. The van der Waals surface area contributed by atoms with E-state index in [9.17, 15) is 0 Å². The van der Waals surface area contributed by atoms with Crippen molar-refractivity contribution in [2.75, 3.05) is 4.90 Å². The topological polar surface area (TPSA) is 3.24 Å². The van der Waals surface area contributed by atoms with Gasteiger partial charge in [-0.15, -0.1) is 55.4 Å². The van der Waals surface area contributed by atoms with Crippen LogP contribution in [0.5, 0.6) is 0 Å². The minimum atomic E-state index is -2.92. The summed E-state index contributed by atoms with van der Waals surface area (Å²) >= 11 is 36.7. The lowest BCUT2D eigenvalue weighted by Crippen LogP contribution is -2.29. The van der Waals surface area contributed by atoms with Gasteiger partial charge in [0.15, 0.2) is 8.83 Å². The first-order chi connectivity index (χ1) is 13.3. The summed E-state index contributed by atoms with van der Waals surface area (Å²) in [5.41, 5.74) is 2.96.